The van der Waals surface area contributed by atoms with Crippen LogP contribution in [0.5, 0.6) is 0 Å². The number of aryl methyl sites for hydroxylation is 1. The molecule has 0 radical (unpaired) electrons. The lowest BCUT2D eigenvalue weighted by Gasteiger charge is -2.14. The molecule has 1 aromatic heterocycles. The molecule has 1 saturated carbocycles. The van der Waals surface area contributed by atoms with Gasteiger partial charge in [0.25, 0.3) is 0 Å². The van der Waals surface area contributed by atoms with Gasteiger partial charge in [0, 0.05) is 31.0 Å². The summed E-state index contributed by atoms with van der Waals surface area (Å²) in [6, 6.07) is 5.58. The molecule has 0 aliphatic heterocycles. The molecule has 17 heavy (non-hydrogen) atoms. The van der Waals surface area contributed by atoms with Crippen LogP contribution in [-0.4, -0.2) is 30.2 Å². The molecule has 0 amide bonds. The van der Waals surface area contributed by atoms with Gasteiger partial charge in [-0.25, -0.2) is 0 Å². The van der Waals surface area contributed by atoms with E-state index in [1.807, 2.05) is 12.4 Å². The molecular weight excluding hydrogens is 210 g/mol. The van der Waals surface area contributed by atoms with Gasteiger partial charge in [0.1, 0.15) is 0 Å². The minimum atomic E-state index is 0.577. The zero-order valence-corrected chi connectivity index (χ0v) is 10.7. The van der Waals surface area contributed by atoms with Crippen molar-refractivity contribution in [3.8, 4) is 0 Å². The van der Waals surface area contributed by atoms with E-state index in [0.717, 1.165) is 25.6 Å². The third-order valence-corrected chi connectivity index (χ3v) is 3.17. The Morgan fingerprint density at radius 3 is 2.82 bits per heavy atom. The van der Waals surface area contributed by atoms with Crippen LogP contribution in [0, 0.1) is 0 Å². The Kier molecular flexibility index (Phi) is 4.95. The second-order valence-corrected chi connectivity index (χ2v) is 5.00. The zero-order chi connectivity index (χ0) is 11.9. The molecule has 0 saturated heterocycles. The van der Waals surface area contributed by atoms with Gasteiger partial charge in [-0.1, -0.05) is 0 Å². The van der Waals surface area contributed by atoms with Crippen LogP contribution in [0.2, 0.25) is 0 Å². The number of pyridine rings is 1. The second-order valence-electron chi connectivity index (χ2n) is 5.00. The van der Waals surface area contributed by atoms with E-state index in [9.17, 15) is 0 Å². The predicted octanol–water partition coefficient (Wildman–Crippen LogP) is 1.74. The summed E-state index contributed by atoms with van der Waals surface area (Å²) in [5.74, 6) is 0. The Balaban J connectivity index is 1.50. The first-order valence-corrected chi connectivity index (χ1v) is 6.70. The van der Waals surface area contributed by atoms with Crippen molar-refractivity contribution in [2.45, 2.75) is 44.7 Å². The van der Waals surface area contributed by atoms with Gasteiger partial charge in [-0.3, -0.25) is 4.98 Å². The Labute approximate surface area is 104 Å². The van der Waals surface area contributed by atoms with E-state index in [0.29, 0.717) is 6.04 Å². The lowest BCUT2D eigenvalue weighted by molar-refractivity contribution is 0.494. The summed E-state index contributed by atoms with van der Waals surface area (Å²) in [7, 11) is 0. The van der Waals surface area contributed by atoms with E-state index < -0.39 is 0 Å². The highest BCUT2D eigenvalue weighted by molar-refractivity contribution is 5.09. The molecule has 1 aliphatic carbocycles. The SMILES string of the molecule is CC(CNC1CC1)NCCCc1ccncc1. The molecule has 3 heteroatoms. The quantitative estimate of drug-likeness (QED) is 0.672. The molecule has 1 aliphatic rings. The van der Waals surface area contributed by atoms with Gasteiger partial charge in [0.2, 0.25) is 0 Å². The highest BCUT2D eigenvalue weighted by Gasteiger charge is 2.20. The highest BCUT2D eigenvalue weighted by atomic mass is 15.0. The fraction of sp³-hybridized carbons (Fsp3) is 0.643. The van der Waals surface area contributed by atoms with Gasteiger partial charge in [-0.05, 0) is 56.8 Å². The van der Waals surface area contributed by atoms with Gasteiger partial charge >= 0.3 is 0 Å². The summed E-state index contributed by atoms with van der Waals surface area (Å²) in [6.07, 6.45) is 8.80. The molecule has 94 valence electrons. The average Bonchev–Trinajstić information content (AvgIpc) is 3.17. The molecule has 0 aromatic carbocycles. The van der Waals surface area contributed by atoms with E-state index in [1.165, 1.54) is 24.8 Å². The van der Waals surface area contributed by atoms with Gasteiger partial charge in [-0.2, -0.15) is 0 Å². The molecule has 1 aromatic rings. The zero-order valence-electron chi connectivity index (χ0n) is 10.7. The van der Waals surface area contributed by atoms with Crippen LogP contribution in [0.3, 0.4) is 0 Å². The highest BCUT2D eigenvalue weighted by Crippen LogP contribution is 2.18. The molecule has 2 N–H and O–H groups in total. The molecule has 1 fully saturated rings. The minimum Gasteiger partial charge on any atom is -0.313 e. The number of rotatable bonds is 8. The van der Waals surface area contributed by atoms with Crippen LogP contribution in [-0.2, 0) is 6.42 Å². The number of nitrogens with zero attached hydrogens (tertiary/aromatic N) is 1. The smallest absolute Gasteiger partial charge is 0.0270 e. The molecule has 1 heterocycles. The Bertz CT molecular complexity index is 309. The van der Waals surface area contributed by atoms with Crippen molar-refractivity contribution in [2.24, 2.45) is 0 Å². The third-order valence-electron chi connectivity index (χ3n) is 3.17. The summed E-state index contributed by atoms with van der Waals surface area (Å²) in [4.78, 5) is 4.02. The Hall–Kier alpha value is -0.930. The van der Waals surface area contributed by atoms with E-state index >= 15 is 0 Å². The van der Waals surface area contributed by atoms with E-state index in [1.54, 1.807) is 0 Å². The summed E-state index contributed by atoms with van der Waals surface area (Å²) in [5, 5.41) is 7.10. The summed E-state index contributed by atoms with van der Waals surface area (Å²) in [5.41, 5.74) is 1.38. The standard InChI is InChI=1S/C14H23N3/c1-12(11-17-14-4-5-14)16-8-2-3-13-6-9-15-10-7-13/h6-7,9-10,12,14,16-17H,2-5,8,11H2,1H3. The molecule has 0 spiro atoms. The predicted molar refractivity (Wildman–Crippen MR) is 71.0 cm³/mol. The molecule has 3 nitrogen and oxygen atoms in total. The molecule has 1 unspecified atom stereocenters. The number of hydrogen-bond acceptors (Lipinski definition) is 3. The minimum absolute atomic E-state index is 0.577. The van der Waals surface area contributed by atoms with Crippen molar-refractivity contribution < 1.29 is 0 Å². The van der Waals surface area contributed by atoms with Crippen LogP contribution in [0.25, 0.3) is 0 Å². The maximum absolute atomic E-state index is 4.02. The van der Waals surface area contributed by atoms with Crippen molar-refractivity contribution in [1.29, 1.82) is 0 Å². The summed E-state index contributed by atoms with van der Waals surface area (Å²) < 4.78 is 0. The van der Waals surface area contributed by atoms with Gasteiger partial charge in [0.15, 0.2) is 0 Å². The van der Waals surface area contributed by atoms with Crippen molar-refractivity contribution in [2.75, 3.05) is 13.1 Å². The lowest BCUT2D eigenvalue weighted by atomic mass is 10.1. The lowest BCUT2D eigenvalue weighted by Crippen LogP contribution is -2.37. The maximum Gasteiger partial charge on any atom is 0.0270 e. The monoisotopic (exact) mass is 233 g/mol. The average molecular weight is 233 g/mol. The van der Waals surface area contributed by atoms with Gasteiger partial charge < -0.3 is 10.6 Å². The topological polar surface area (TPSA) is 37.0 Å². The van der Waals surface area contributed by atoms with E-state index in [-0.39, 0.29) is 0 Å². The fourth-order valence-electron chi connectivity index (χ4n) is 1.89. The summed E-state index contributed by atoms with van der Waals surface area (Å²) in [6.45, 7) is 4.44. The van der Waals surface area contributed by atoms with Gasteiger partial charge in [0.05, 0.1) is 0 Å². The number of hydrogen-bond donors (Lipinski definition) is 2. The fourth-order valence-corrected chi connectivity index (χ4v) is 1.89. The molecule has 2 rings (SSSR count). The number of nitrogens with one attached hydrogen (secondary N) is 2. The van der Waals surface area contributed by atoms with Crippen LogP contribution < -0.4 is 10.6 Å². The summed E-state index contributed by atoms with van der Waals surface area (Å²) >= 11 is 0. The van der Waals surface area contributed by atoms with Crippen molar-refractivity contribution in [3.05, 3.63) is 30.1 Å². The third kappa shape index (κ3) is 5.29. The van der Waals surface area contributed by atoms with E-state index in [2.05, 4.69) is 34.7 Å². The molecule has 0 bridgehead atoms. The molecule has 1 atom stereocenters. The molecular formula is C14H23N3. The first-order valence-electron chi connectivity index (χ1n) is 6.70. The largest absolute Gasteiger partial charge is 0.313 e. The van der Waals surface area contributed by atoms with E-state index in [4.69, 9.17) is 0 Å². The van der Waals surface area contributed by atoms with Gasteiger partial charge in [-0.15, -0.1) is 0 Å². The normalized spacial score (nSPS) is 17.0. The number of aromatic nitrogens is 1. The van der Waals surface area contributed by atoms with Crippen LogP contribution in [0.15, 0.2) is 24.5 Å². The van der Waals surface area contributed by atoms with Crippen molar-refractivity contribution in [1.82, 2.24) is 15.6 Å². The van der Waals surface area contributed by atoms with Crippen molar-refractivity contribution in [3.63, 3.8) is 0 Å². The van der Waals surface area contributed by atoms with Crippen LogP contribution >= 0.6 is 0 Å². The van der Waals surface area contributed by atoms with Crippen LogP contribution in [0.1, 0.15) is 31.7 Å². The first-order chi connectivity index (χ1) is 8.34. The first kappa shape index (κ1) is 12.5. The Morgan fingerprint density at radius 1 is 1.35 bits per heavy atom. The maximum atomic E-state index is 4.02. The Morgan fingerprint density at radius 2 is 2.12 bits per heavy atom. The van der Waals surface area contributed by atoms with Crippen molar-refractivity contribution >= 4 is 0 Å². The second kappa shape index (κ2) is 6.72. The van der Waals surface area contributed by atoms with Crippen LogP contribution in [0.4, 0.5) is 0 Å².